The number of nitrogens with one attached hydrogen (secondary N) is 1. The Morgan fingerprint density at radius 3 is 2.49 bits per heavy atom. The Hall–Kier alpha value is -4.97. The van der Waals surface area contributed by atoms with E-state index in [2.05, 4.69) is 5.32 Å². The number of halogens is 5. The summed E-state index contributed by atoms with van der Waals surface area (Å²) in [5.74, 6) is -3.34. The van der Waals surface area contributed by atoms with Crippen molar-refractivity contribution in [1.29, 1.82) is 0 Å². The molecule has 4 aromatic rings. The molecule has 1 aromatic heterocycles. The number of carbonyl (C=O) groups excluding carboxylic acids is 3. The largest absolute Gasteiger partial charge is 0.463 e. The average Bonchev–Trinajstić information content (AvgIpc) is 2.96. The molecule has 8 nitrogen and oxygen atoms in total. The van der Waals surface area contributed by atoms with Crippen molar-refractivity contribution in [2.24, 2.45) is 0 Å². The Kier molecular flexibility index (Phi) is 10.1. The van der Waals surface area contributed by atoms with Crippen LogP contribution in [0.1, 0.15) is 36.1 Å². The van der Waals surface area contributed by atoms with E-state index in [1.807, 2.05) is 0 Å². The predicted octanol–water partition coefficient (Wildman–Crippen LogP) is 7.09. The Labute approximate surface area is 258 Å². The standard InChI is InChI=1S/C32H24ClF4NO7/c1-3-43-29(41)10-7-18-5-4-6-19(11-18)30-22-12-20(16-44-17(2)39)25(33)15-27(22)45-31(42)23(30)14-28(40)38-26-9-8-21(34)13-24(26)32(35,36)37/h4-13,15H,3,14,16H2,1-2H3,(H,38,40). The average molecular weight is 646 g/mol. The van der Waals surface area contributed by atoms with Crippen LogP contribution in [-0.4, -0.2) is 24.5 Å². The smallest absolute Gasteiger partial charge is 0.418 e. The second kappa shape index (κ2) is 13.8. The fourth-order valence-corrected chi connectivity index (χ4v) is 4.66. The molecule has 1 amide bonds. The summed E-state index contributed by atoms with van der Waals surface area (Å²) >= 11 is 6.35. The molecular formula is C32H24ClF4NO7. The van der Waals surface area contributed by atoms with Gasteiger partial charge in [0, 0.05) is 35.6 Å². The van der Waals surface area contributed by atoms with Crippen LogP contribution >= 0.6 is 11.6 Å². The van der Waals surface area contributed by atoms with Crippen molar-refractivity contribution in [3.05, 3.63) is 104 Å². The van der Waals surface area contributed by atoms with Crippen LogP contribution in [0.2, 0.25) is 5.02 Å². The van der Waals surface area contributed by atoms with Crippen molar-refractivity contribution in [1.82, 2.24) is 0 Å². The molecule has 1 heterocycles. The first-order chi connectivity index (χ1) is 21.3. The number of hydrogen-bond donors (Lipinski definition) is 1. The van der Waals surface area contributed by atoms with Crippen LogP contribution in [0.5, 0.6) is 0 Å². The maximum absolute atomic E-state index is 13.6. The number of hydrogen-bond acceptors (Lipinski definition) is 7. The van der Waals surface area contributed by atoms with E-state index in [4.69, 9.17) is 25.5 Å². The highest BCUT2D eigenvalue weighted by Gasteiger charge is 2.34. The molecule has 0 bridgehead atoms. The SMILES string of the molecule is CCOC(=O)C=Cc1cccc(-c2c(CC(=O)Nc3ccc(F)cc3C(F)(F)F)c(=O)oc3cc(Cl)c(COC(C)=O)cc23)c1. The van der Waals surface area contributed by atoms with Crippen molar-refractivity contribution in [2.75, 3.05) is 11.9 Å². The zero-order valence-corrected chi connectivity index (χ0v) is 24.5. The van der Waals surface area contributed by atoms with Gasteiger partial charge in [-0.15, -0.1) is 0 Å². The van der Waals surface area contributed by atoms with E-state index in [0.717, 1.165) is 12.1 Å². The highest BCUT2D eigenvalue weighted by Crippen LogP contribution is 2.37. The van der Waals surface area contributed by atoms with E-state index in [1.165, 1.54) is 31.2 Å². The molecule has 0 radical (unpaired) electrons. The highest BCUT2D eigenvalue weighted by atomic mass is 35.5. The summed E-state index contributed by atoms with van der Waals surface area (Å²) in [4.78, 5) is 49.7. The van der Waals surface area contributed by atoms with Crippen LogP contribution < -0.4 is 10.9 Å². The molecule has 4 rings (SSSR count). The molecule has 0 saturated heterocycles. The van der Waals surface area contributed by atoms with Gasteiger partial charge in [0.15, 0.2) is 0 Å². The molecule has 3 aromatic carbocycles. The van der Waals surface area contributed by atoms with Crippen LogP contribution in [0, 0.1) is 5.82 Å². The molecule has 0 aliphatic rings. The third kappa shape index (κ3) is 8.15. The minimum atomic E-state index is -4.98. The third-order valence-corrected chi connectivity index (χ3v) is 6.72. The van der Waals surface area contributed by atoms with Crippen molar-refractivity contribution in [2.45, 2.75) is 33.1 Å². The van der Waals surface area contributed by atoms with E-state index in [9.17, 15) is 36.7 Å². The molecule has 0 fully saturated rings. The van der Waals surface area contributed by atoms with Crippen molar-refractivity contribution < 1.29 is 45.8 Å². The van der Waals surface area contributed by atoms with Gasteiger partial charge in [-0.05, 0) is 54.5 Å². The van der Waals surface area contributed by atoms with E-state index < -0.39 is 53.1 Å². The first-order valence-electron chi connectivity index (χ1n) is 13.3. The molecular weight excluding hydrogens is 622 g/mol. The van der Waals surface area contributed by atoms with Gasteiger partial charge in [-0.25, -0.2) is 14.0 Å². The number of carbonyl (C=O) groups is 3. The molecule has 0 aliphatic carbocycles. The highest BCUT2D eigenvalue weighted by molar-refractivity contribution is 6.32. The number of anilines is 1. The van der Waals surface area contributed by atoms with Gasteiger partial charge in [0.1, 0.15) is 18.0 Å². The molecule has 45 heavy (non-hydrogen) atoms. The number of ether oxygens (including phenoxy) is 2. The Morgan fingerprint density at radius 1 is 1.04 bits per heavy atom. The maximum Gasteiger partial charge on any atom is 0.418 e. The lowest BCUT2D eigenvalue weighted by Crippen LogP contribution is -2.22. The Morgan fingerprint density at radius 2 is 1.80 bits per heavy atom. The Bertz CT molecular complexity index is 1880. The predicted molar refractivity (Wildman–Crippen MR) is 158 cm³/mol. The summed E-state index contributed by atoms with van der Waals surface area (Å²) in [6, 6.07) is 11.1. The molecule has 0 spiro atoms. The number of alkyl halides is 3. The van der Waals surface area contributed by atoms with Crippen molar-refractivity contribution in [3.63, 3.8) is 0 Å². The fraction of sp³-hybridized carbons (Fsp3) is 0.188. The second-order valence-corrected chi connectivity index (χ2v) is 9.99. The second-order valence-electron chi connectivity index (χ2n) is 9.59. The summed E-state index contributed by atoms with van der Waals surface area (Å²) < 4.78 is 69.7. The zero-order chi connectivity index (χ0) is 32.9. The zero-order valence-electron chi connectivity index (χ0n) is 23.7. The topological polar surface area (TPSA) is 112 Å². The van der Waals surface area contributed by atoms with Crippen LogP contribution in [0.25, 0.3) is 28.2 Å². The summed E-state index contributed by atoms with van der Waals surface area (Å²) in [6.07, 6.45) is -3.05. The van der Waals surface area contributed by atoms with Gasteiger partial charge in [-0.1, -0.05) is 29.8 Å². The summed E-state index contributed by atoms with van der Waals surface area (Å²) in [6.45, 7) is 2.79. The van der Waals surface area contributed by atoms with Gasteiger partial charge in [0.2, 0.25) is 5.91 Å². The first-order valence-corrected chi connectivity index (χ1v) is 13.7. The van der Waals surface area contributed by atoms with Gasteiger partial charge in [-0.3, -0.25) is 9.59 Å². The van der Waals surface area contributed by atoms with Gasteiger partial charge in [-0.2, -0.15) is 13.2 Å². The molecule has 1 N–H and O–H groups in total. The van der Waals surface area contributed by atoms with Crippen LogP contribution in [-0.2, 0) is 43.1 Å². The lowest BCUT2D eigenvalue weighted by atomic mass is 9.93. The minimum Gasteiger partial charge on any atom is -0.463 e. The van der Waals surface area contributed by atoms with E-state index in [-0.39, 0.29) is 46.4 Å². The van der Waals surface area contributed by atoms with Crippen molar-refractivity contribution >= 4 is 52.2 Å². The van der Waals surface area contributed by atoms with Crippen LogP contribution in [0.15, 0.2) is 69.9 Å². The molecule has 0 atom stereocenters. The number of amides is 1. The molecule has 234 valence electrons. The van der Waals surface area contributed by atoms with Crippen LogP contribution in [0.4, 0.5) is 23.2 Å². The molecule has 13 heteroatoms. The summed E-state index contributed by atoms with van der Waals surface area (Å²) in [5.41, 5.74) is -1.89. The lowest BCUT2D eigenvalue weighted by molar-refractivity contribution is -0.142. The molecule has 0 saturated carbocycles. The van der Waals surface area contributed by atoms with E-state index in [0.29, 0.717) is 16.7 Å². The number of rotatable bonds is 9. The number of fused-ring (bicyclic) bond motifs is 1. The lowest BCUT2D eigenvalue weighted by Gasteiger charge is -2.16. The monoisotopic (exact) mass is 645 g/mol. The third-order valence-electron chi connectivity index (χ3n) is 6.37. The first kappa shape index (κ1) is 32.9. The number of esters is 2. The normalized spacial score (nSPS) is 11.5. The van der Waals surface area contributed by atoms with Gasteiger partial charge in [0.25, 0.3) is 0 Å². The minimum absolute atomic E-state index is 0.0149. The van der Waals surface area contributed by atoms with E-state index >= 15 is 0 Å². The quantitative estimate of drug-likeness (QED) is 0.0895. The number of benzene rings is 3. The van der Waals surface area contributed by atoms with Crippen molar-refractivity contribution in [3.8, 4) is 11.1 Å². The van der Waals surface area contributed by atoms with E-state index in [1.54, 1.807) is 31.2 Å². The summed E-state index contributed by atoms with van der Waals surface area (Å²) in [5, 5.41) is 2.50. The van der Waals surface area contributed by atoms with Crippen LogP contribution in [0.3, 0.4) is 0 Å². The van der Waals surface area contributed by atoms with Gasteiger partial charge in [0.05, 0.1) is 34.9 Å². The molecule has 0 unspecified atom stereocenters. The summed E-state index contributed by atoms with van der Waals surface area (Å²) in [7, 11) is 0. The fourth-order valence-electron chi connectivity index (χ4n) is 4.45. The molecule has 0 aliphatic heterocycles. The Balaban J connectivity index is 1.87. The van der Waals surface area contributed by atoms with Gasteiger partial charge < -0.3 is 19.2 Å². The maximum atomic E-state index is 13.6. The van der Waals surface area contributed by atoms with Gasteiger partial charge >= 0.3 is 23.7 Å².